The van der Waals surface area contributed by atoms with Crippen molar-refractivity contribution in [2.45, 2.75) is 38.0 Å². The summed E-state index contributed by atoms with van der Waals surface area (Å²) in [5.41, 5.74) is 2.50. The zero-order chi connectivity index (χ0) is 22.6. The summed E-state index contributed by atoms with van der Waals surface area (Å²) in [5, 5.41) is 11.2. The predicted molar refractivity (Wildman–Crippen MR) is 117 cm³/mol. The van der Waals surface area contributed by atoms with Gasteiger partial charge in [0.1, 0.15) is 5.75 Å². The van der Waals surface area contributed by atoms with Crippen molar-refractivity contribution in [3.05, 3.63) is 54.1 Å². The van der Waals surface area contributed by atoms with E-state index in [2.05, 4.69) is 41.0 Å². The van der Waals surface area contributed by atoms with Crippen LogP contribution in [-0.2, 0) is 10.2 Å². The molecule has 3 rings (SSSR count). The highest BCUT2D eigenvalue weighted by Crippen LogP contribution is 2.25. The Hall–Kier alpha value is -3.14. The molecule has 0 radical (unpaired) electrons. The summed E-state index contributed by atoms with van der Waals surface area (Å²) in [6, 6.07) is 13.6. The number of nitrogens with zero attached hydrogens (tertiary/aromatic N) is 3. The number of anilines is 1. The number of amides is 1. The number of thioether (sulfide) groups is 1. The van der Waals surface area contributed by atoms with Crippen molar-refractivity contribution < 1.29 is 18.3 Å². The lowest BCUT2D eigenvalue weighted by Gasteiger charge is -2.19. The van der Waals surface area contributed by atoms with Crippen molar-refractivity contribution in [2.24, 2.45) is 0 Å². The predicted octanol–water partition coefficient (Wildman–Crippen LogP) is 4.29. The average molecular weight is 448 g/mol. The Morgan fingerprint density at radius 2 is 1.77 bits per heavy atom. The lowest BCUT2D eigenvalue weighted by atomic mass is 9.87. The van der Waals surface area contributed by atoms with Gasteiger partial charge in [-0.2, -0.15) is 8.78 Å². The second kappa shape index (κ2) is 9.34. The maximum Gasteiger partial charge on any atom is 0.387 e. The van der Waals surface area contributed by atoms with Gasteiger partial charge in [-0.15, -0.1) is 10.2 Å². The first-order valence-corrected chi connectivity index (χ1v) is 10.4. The third-order valence-corrected chi connectivity index (χ3v) is 5.31. The van der Waals surface area contributed by atoms with Crippen molar-refractivity contribution in [3.8, 4) is 17.1 Å². The van der Waals surface area contributed by atoms with E-state index in [-0.39, 0.29) is 22.8 Å². The summed E-state index contributed by atoms with van der Waals surface area (Å²) in [7, 11) is 0. The number of ether oxygens (including phenoxy) is 1. The van der Waals surface area contributed by atoms with Crippen LogP contribution in [0.1, 0.15) is 26.3 Å². The molecular weight excluding hydrogens is 424 g/mol. The molecule has 31 heavy (non-hydrogen) atoms. The van der Waals surface area contributed by atoms with Gasteiger partial charge in [-0.05, 0) is 47.4 Å². The number of hydrogen-bond donors (Lipinski definition) is 2. The normalized spacial score (nSPS) is 11.5. The quantitative estimate of drug-likeness (QED) is 0.414. The molecule has 0 saturated heterocycles. The van der Waals surface area contributed by atoms with Crippen LogP contribution < -0.4 is 15.9 Å². The monoisotopic (exact) mass is 447 g/mol. The number of nitrogens with one attached hydrogen (secondary N) is 1. The van der Waals surface area contributed by atoms with Crippen LogP contribution >= 0.6 is 11.8 Å². The highest BCUT2D eigenvalue weighted by Gasteiger charge is 2.16. The molecule has 1 amide bonds. The van der Waals surface area contributed by atoms with Gasteiger partial charge < -0.3 is 15.9 Å². The van der Waals surface area contributed by atoms with Crippen LogP contribution in [0.3, 0.4) is 0 Å². The third kappa shape index (κ3) is 5.94. The summed E-state index contributed by atoms with van der Waals surface area (Å²) >= 11 is 1.14. The lowest BCUT2D eigenvalue weighted by molar-refractivity contribution is -0.113. The van der Waals surface area contributed by atoms with E-state index in [1.54, 1.807) is 12.1 Å². The molecule has 0 saturated carbocycles. The summed E-state index contributed by atoms with van der Waals surface area (Å²) in [6.45, 7) is 3.48. The average Bonchev–Trinajstić information content (AvgIpc) is 3.07. The van der Waals surface area contributed by atoms with Gasteiger partial charge in [-0.3, -0.25) is 4.79 Å². The van der Waals surface area contributed by atoms with E-state index in [9.17, 15) is 13.6 Å². The lowest BCUT2D eigenvalue weighted by Crippen LogP contribution is -2.17. The largest absolute Gasteiger partial charge is 0.435 e. The Bertz CT molecular complexity index is 1030. The van der Waals surface area contributed by atoms with E-state index in [4.69, 9.17) is 5.84 Å². The van der Waals surface area contributed by atoms with Gasteiger partial charge in [0, 0.05) is 11.3 Å². The van der Waals surface area contributed by atoms with Crippen LogP contribution in [0.25, 0.3) is 11.4 Å². The number of benzene rings is 2. The molecule has 3 aromatic rings. The number of nitrogen functional groups attached to an aromatic ring is 1. The number of nitrogens with two attached hydrogens (primary N) is 1. The molecule has 0 bridgehead atoms. The number of carbonyl (C=O) groups is 1. The SMILES string of the molecule is CC(C)(C)c1ccc(NC(=O)CSc2nnc(-c3ccc(OC(F)F)cc3)n2N)cc1. The number of carbonyl (C=O) groups excluding carboxylic acids is 1. The Kier molecular flexibility index (Phi) is 6.79. The summed E-state index contributed by atoms with van der Waals surface area (Å²) in [6.07, 6.45) is 0. The van der Waals surface area contributed by atoms with Gasteiger partial charge in [0.2, 0.25) is 11.1 Å². The molecule has 7 nitrogen and oxygen atoms in total. The molecule has 164 valence electrons. The minimum Gasteiger partial charge on any atom is -0.435 e. The maximum absolute atomic E-state index is 12.3. The number of alkyl halides is 2. The molecule has 0 aliphatic heterocycles. The van der Waals surface area contributed by atoms with Gasteiger partial charge >= 0.3 is 6.61 Å². The second-order valence-electron chi connectivity index (χ2n) is 7.74. The van der Waals surface area contributed by atoms with Crippen molar-refractivity contribution in [3.63, 3.8) is 0 Å². The fraction of sp³-hybridized carbons (Fsp3) is 0.286. The maximum atomic E-state index is 12.3. The van der Waals surface area contributed by atoms with Crippen LogP contribution in [-0.4, -0.2) is 33.1 Å². The zero-order valence-corrected chi connectivity index (χ0v) is 18.1. The number of aromatic nitrogens is 3. The van der Waals surface area contributed by atoms with Gasteiger partial charge in [-0.25, -0.2) is 4.68 Å². The van der Waals surface area contributed by atoms with E-state index in [0.717, 1.165) is 11.8 Å². The van der Waals surface area contributed by atoms with Gasteiger partial charge in [0.15, 0.2) is 5.82 Å². The Morgan fingerprint density at radius 3 is 2.35 bits per heavy atom. The highest BCUT2D eigenvalue weighted by molar-refractivity contribution is 7.99. The molecular formula is C21H23F2N5O2S. The second-order valence-corrected chi connectivity index (χ2v) is 8.69. The fourth-order valence-electron chi connectivity index (χ4n) is 2.74. The van der Waals surface area contributed by atoms with Crippen LogP contribution in [0.5, 0.6) is 5.75 Å². The van der Waals surface area contributed by atoms with E-state index >= 15 is 0 Å². The molecule has 10 heteroatoms. The van der Waals surface area contributed by atoms with Crippen molar-refractivity contribution >= 4 is 23.4 Å². The topological polar surface area (TPSA) is 95.1 Å². The van der Waals surface area contributed by atoms with Gasteiger partial charge in [-0.1, -0.05) is 44.7 Å². The molecule has 0 atom stereocenters. The summed E-state index contributed by atoms with van der Waals surface area (Å²) in [4.78, 5) is 12.3. The van der Waals surface area contributed by atoms with Gasteiger partial charge in [0.25, 0.3) is 0 Å². The first-order chi connectivity index (χ1) is 14.6. The molecule has 2 aromatic carbocycles. The van der Waals surface area contributed by atoms with Crippen molar-refractivity contribution in [1.82, 2.24) is 14.9 Å². The molecule has 0 aliphatic carbocycles. The first-order valence-electron chi connectivity index (χ1n) is 9.42. The number of hydrogen-bond acceptors (Lipinski definition) is 6. The van der Waals surface area contributed by atoms with E-state index in [1.807, 2.05) is 24.3 Å². The van der Waals surface area contributed by atoms with E-state index in [0.29, 0.717) is 22.2 Å². The van der Waals surface area contributed by atoms with Crippen LogP contribution in [0.4, 0.5) is 14.5 Å². The number of rotatable bonds is 7. The summed E-state index contributed by atoms with van der Waals surface area (Å²) < 4.78 is 30.1. The minimum atomic E-state index is -2.89. The van der Waals surface area contributed by atoms with E-state index in [1.165, 1.54) is 22.4 Å². The molecule has 0 fully saturated rings. The smallest absolute Gasteiger partial charge is 0.387 e. The fourth-order valence-corrected chi connectivity index (χ4v) is 3.39. The van der Waals surface area contributed by atoms with Crippen LogP contribution in [0.15, 0.2) is 53.7 Å². The van der Waals surface area contributed by atoms with E-state index < -0.39 is 6.61 Å². The summed E-state index contributed by atoms with van der Waals surface area (Å²) in [5.74, 6) is 6.30. The third-order valence-electron chi connectivity index (χ3n) is 4.37. The molecule has 3 N–H and O–H groups in total. The first kappa shape index (κ1) is 22.5. The van der Waals surface area contributed by atoms with Crippen molar-refractivity contribution in [2.75, 3.05) is 16.9 Å². The molecule has 1 heterocycles. The Morgan fingerprint density at radius 1 is 1.13 bits per heavy atom. The van der Waals surface area contributed by atoms with Crippen molar-refractivity contribution in [1.29, 1.82) is 0 Å². The van der Waals surface area contributed by atoms with Crippen LogP contribution in [0.2, 0.25) is 0 Å². The van der Waals surface area contributed by atoms with Gasteiger partial charge in [0.05, 0.1) is 5.75 Å². The minimum absolute atomic E-state index is 0.0311. The molecule has 0 spiro atoms. The Labute approximate surface area is 183 Å². The molecule has 1 aromatic heterocycles. The van der Waals surface area contributed by atoms with Crippen LogP contribution in [0, 0.1) is 0 Å². The zero-order valence-electron chi connectivity index (χ0n) is 17.3. The Balaban J connectivity index is 1.59. The molecule has 0 unspecified atom stereocenters. The standard InChI is InChI=1S/C21H23F2N5O2S/c1-21(2,3)14-6-8-15(9-7-14)25-17(29)12-31-20-27-26-18(28(20)24)13-4-10-16(11-5-13)30-19(22)23/h4-11,19H,12,24H2,1-3H3,(H,25,29). The number of halogens is 2. The highest BCUT2D eigenvalue weighted by atomic mass is 32.2. The molecule has 0 aliphatic rings.